The summed E-state index contributed by atoms with van der Waals surface area (Å²) in [5.41, 5.74) is 3.47. The summed E-state index contributed by atoms with van der Waals surface area (Å²) >= 11 is 18.7. The zero-order valence-electron chi connectivity index (χ0n) is 16.8. The minimum atomic E-state index is -0.325. The van der Waals surface area contributed by atoms with Crippen molar-refractivity contribution in [2.75, 3.05) is 5.32 Å². The van der Waals surface area contributed by atoms with Crippen LogP contribution >= 0.6 is 50.9 Å². The Morgan fingerprint density at radius 3 is 2.59 bits per heavy atom. The lowest BCUT2D eigenvalue weighted by Crippen LogP contribution is -2.31. The molecule has 1 aliphatic carbocycles. The molecule has 1 heterocycles. The summed E-state index contributed by atoms with van der Waals surface area (Å²) in [6, 6.07) is 21.1. The number of para-hydroxylation sites is 1. The van der Waals surface area contributed by atoms with E-state index in [0.29, 0.717) is 9.92 Å². The van der Waals surface area contributed by atoms with Gasteiger partial charge in [-0.15, -0.1) is 23.4 Å². The van der Waals surface area contributed by atoms with Crippen molar-refractivity contribution in [2.24, 2.45) is 5.92 Å². The van der Waals surface area contributed by atoms with E-state index < -0.39 is 0 Å². The molecule has 0 spiro atoms. The van der Waals surface area contributed by atoms with Crippen LogP contribution in [0.25, 0.3) is 0 Å². The molecule has 4 nitrogen and oxygen atoms in total. The van der Waals surface area contributed by atoms with Gasteiger partial charge in [0.25, 0.3) is 5.69 Å². The number of alkyl halides is 1. The molecule has 0 bridgehead atoms. The van der Waals surface area contributed by atoms with Crippen molar-refractivity contribution in [3.63, 3.8) is 0 Å². The molecule has 5 atom stereocenters. The van der Waals surface area contributed by atoms with E-state index in [2.05, 4.69) is 33.4 Å². The molecule has 0 aromatic heterocycles. The Bertz CT molecular complexity index is 1190. The van der Waals surface area contributed by atoms with Crippen molar-refractivity contribution >= 4 is 62.3 Å². The van der Waals surface area contributed by atoms with Crippen LogP contribution in [0.5, 0.6) is 0 Å². The van der Waals surface area contributed by atoms with E-state index in [1.807, 2.05) is 42.5 Å². The van der Waals surface area contributed by atoms with E-state index in [1.165, 1.54) is 17.3 Å². The Balaban J connectivity index is 1.55. The Kier molecular flexibility index (Phi) is 6.14. The molecule has 0 amide bonds. The summed E-state index contributed by atoms with van der Waals surface area (Å²) in [5.74, 6) is 0.312. The quantitative estimate of drug-likeness (QED) is 0.203. The smallest absolute Gasteiger partial charge is 0.282 e. The number of nitrogens with one attached hydrogen (secondary N) is 1. The monoisotopic (exact) mass is 548 g/mol. The van der Waals surface area contributed by atoms with E-state index in [0.717, 1.165) is 22.1 Å². The normalized spacial score (nSPS) is 26.2. The molecule has 1 N–H and O–H groups in total. The summed E-state index contributed by atoms with van der Waals surface area (Å²) in [7, 11) is 0. The fourth-order valence-electron chi connectivity index (χ4n) is 4.99. The van der Waals surface area contributed by atoms with E-state index >= 15 is 0 Å². The third kappa shape index (κ3) is 3.92. The number of anilines is 1. The molecule has 5 rings (SSSR count). The number of benzene rings is 3. The summed E-state index contributed by atoms with van der Waals surface area (Å²) in [6.45, 7) is 0. The predicted molar refractivity (Wildman–Crippen MR) is 135 cm³/mol. The summed E-state index contributed by atoms with van der Waals surface area (Å²) in [6.07, 6.45) is 0.834. The van der Waals surface area contributed by atoms with Crippen LogP contribution in [0.4, 0.5) is 11.4 Å². The summed E-state index contributed by atoms with van der Waals surface area (Å²) in [4.78, 5) is 11.9. The second kappa shape index (κ2) is 8.90. The second-order valence-electron chi connectivity index (χ2n) is 8.13. The van der Waals surface area contributed by atoms with Gasteiger partial charge in [0.15, 0.2) is 0 Å². The molecule has 0 unspecified atom stereocenters. The number of rotatable bonds is 4. The molecule has 2 aliphatic rings. The van der Waals surface area contributed by atoms with Gasteiger partial charge in [-0.2, -0.15) is 0 Å². The highest BCUT2D eigenvalue weighted by Crippen LogP contribution is 2.58. The molecule has 0 saturated heterocycles. The second-order valence-corrected chi connectivity index (χ2v) is 11.2. The zero-order chi connectivity index (χ0) is 22.4. The largest absolute Gasteiger partial charge is 0.378 e. The Labute approximate surface area is 209 Å². The summed E-state index contributed by atoms with van der Waals surface area (Å²) < 4.78 is 1.05. The molecule has 1 aliphatic heterocycles. The lowest BCUT2D eigenvalue weighted by Gasteiger charge is -2.38. The van der Waals surface area contributed by atoms with Gasteiger partial charge >= 0.3 is 0 Å². The molecule has 0 radical (unpaired) electrons. The maximum atomic E-state index is 11.5. The highest BCUT2D eigenvalue weighted by atomic mass is 79.9. The van der Waals surface area contributed by atoms with Gasteiger partial charge in [-0.1, -0.05) is 57.9 Å². The average molecular weight is 550 g/mol. The third-order valence-corrected chi connectivity index (χ3v) is 9.43. The Morgan fingerprint density at radius 2 is 1.81 bits per heavy atom. The Morgan fingerprint density at radius 1 is 1.06 bits per heavy atom. The van der Waals surface area contributed by atoms with E-state index in [4.69, 9.17) is 23.2 Å². The first-order valence-corrected chi connectivity index (χ1v) is 12.8. The predicted octanol–water partition coefficient (Wildman–Crippen LogP) is 8.05. The van der Waals surface area contributed by atoms with Gasteiger partial charge in [-0.05, 0) is 53.8 Å². The third-order valence-electron chi connectivity index (χ3n) is 6.36. The van der Waals surface area contributed by atoms with Crippen LogP contribution in [0.3, 0.4) is 0 Å². The topological polar surface area (TPSA) is 55.2 Å². The van der Waals surface area contributed by atoms with Gasteiger partial charge in [0.2, 0.25) is 0 Å². The number of fused-ring (bicyclic) bond motifs is 3. The maximum Gasteiger partial charge on any atom is 0.282 e. The lowest BCUT2D eigenvalue weighted by atomic mass is 9.77. The maximum absolute atomic E-state index is 11.5. The number of hydrogen-bond donors (Lipinski definition) is 1. The molecule has 3 aromatic carbocycles. The van der Waals surface area contributed by atoms with E-state index in [9.17, 15) is 10.1 Å². The average Bonchev–Trinajstić information content (AvgIpc) is 3.10. The van der Waals surface area contributed by atoms with Gasteiger partial charge in [0, 0.05) is 32.4 Å². The minimum absolute atomic E-state index is 0.0319. The number of hydrogen-bond acceptors (Lipinski definition) is 4. The standard InChI is InChI=1S/C24H19BrCl2N2O2S/c25-17-6-2-1-5-14(17)24-16-12-21(32-20-8-4-3-7-19(20)29(30)31)23(27)22(16)15-11-13(26)9-10-18(15)28-24/h1-11,16,21-24,28H,12H2/t16-,21+,22+,23-,24-/m0/s1. The van der Waals surface area contributed by atoms with Crippen molar-refractivity contribution in [2.45, 2.75) is 33.9 Å². The van der Waals surface area contributed by atoms with Crippen LogP contribution in [0, 0.1) is 16.0 Å². The van der Waals surface area contributed by atoms with Gasteiger partial charge in [0.1, 0.15) is 0 Å². The number of nitro benzene ring substituents is 1. The number of nitro groups is 1. The first-order chi connectivity index (χ1) is 15.4. The van der Waals surface area contributed by atoms with Crippen LogP contribution in [0.1, 0.15) is 29.5 Å². The summed E-state index contributed by atoms with van der Waals surface area (Å²) in [5, 5.41) is 15.8. The number of nitrogens with zero attached hydrogens (tertiary/aromatic N) is 1. The lowest BCUT2D eigenvalue weighted by molar-refractivity contribution is -0.387. The van der Waals surface area contributed by atoms with Crippen LogP contribution in [0.15, 0.2) is 76.1 Å². The Hall–Kier alpha value is -1.73. The fourth-order valence-corrected chi connectivity index (χ4v) is 7.65. The molecule has 32 heavy (non-hydrogen) atoms. The first kappa shape index (κ1) is 22.1. The van der Waals surface area contributed by atoms with Crippen molar-refractivity contribution in [3.8, 4) is 0 Å². The van der Waals surface area contributed by atoms with Crippen LogP contribution in [-0.2, 0) is 0 Å². The molecule has 1 saturated carbocycles. The van der Waals surface area contributed by atoms with Gasteiger partial charge in [0.05, 0.1) is 21.2 Å². The fraction of sp³-hybridized carbons (Fsp3) is 0.250. The first-order valence-electron chi connectivity index (χ1n) is 10.3. The molecule has 1 fully saturated rings. The van der Waals surface area contributed by atoms with Gasteiger partial charge < -0.3 is 5.32 Å². The van der Waals surface area contributed by atoms with E-state index in [-0.39, 0.29) is 39.1 Å². The number of thioether (sulfide) groups is 1. The van der Waals surface area contributed by atoms with Crippen molar-refractivity contribution in [1.29, 1.82) is 0 Å². The van der Waals surface area contributed by atoms with Gasteiger partial charge in [-0.25, -0.2) is 0 Å². The van der Waals surface area contributed by atoms with Crippen LogP contribution in [-0.4, -0.2) is 15.6 Å². The minimum Gasteiger partial charge on any atom is -0.378 e. The highest BCUT2D eigenvalue weighted by molar-refractivity contribution is 9.10. The van der Waals surface area contributed by atoms with Crippen molar-refractivity contribution in [3.05, 3.63) is 97.5 Å². The molecule has 3 aromatic rings. The van der Waals surface area contributed by atoms with Gasteiger partial charge in [-0.3, -0.25) is 10.1 Å². The van der Waals surface area contributed by atoms with Crippen LogP contribution < -0.4 is 5.32 Å². The van der Waals surface area contributed by atoms with Crippen molar-refractivity contribution in [1.82, 2.24) is 0 Å². The van der Waals surface area contributed by atoms with E-state index in [1.54, 1.807) is 12.1 Å². The molecular weight excluding hydrogens is 531 g/mol. The molecule has 164 valence electrons. The SMILES string of the molecule is O=[N+]([O-])c1ccccc1S[C@@H]1C[C@H]2[C@@H](c3cc(Cl)ccc3N[C@H]2c2ccccc2Br)[C@H]1Cl. The van der Waals surface area contributed by atoms with Crippen molar-refractivity contribution < 1.29 is 4.92 Å². The zero-order valence-corrected chi connectivity index (χ0v) is 20.7. The molecular formula is C24H19BrCl2N2O2S. The number of halogens is 3. The van der Waals surface area contributed by atoms with Crippen LogP contribution in [0.2, 0.25) is 5.02 Å². The molecule has 8 heteroatoms. The highest BCUT2D eigenvalue weighted by Gasteiger charge is 2.50.